The Hall–Kier alpha value is -7.98. The molecule has 3 unspecified atom stereocenters. The molecule has 0 fully saturated rings. The van der Waals surface area contributed by atoms with Crippen LogP contribution in [0.3, 0.4) is 0 Å². The maximum absolute atomic E-state index is 10.1. The molecule has 0 aliphatic rings. The van der Waals surface area contributed by atoms with Gasteiger partial charge in [0.25, 0.3) is 0 Å². The molecule has 0 aromatic heterocycles. The molecule has 10 rings (SSSR count). The first-order valence-corrected chi connectivity index (χ1v) is 29.4. The summed E-state index contributed by atoms with van der Waals surface area (Å²) in [6, 6.07) is 79.4. The smallest absolute Gasteiger partial charge is 0.120 e. The number of carbonyl (C=O) groups excluding carboxylic acids is 1. The van der Waals surface area contributed by atoms with Gasteiger partial charge in [-0.05, 0) is 163 Å². The highest BCUT2D eigenvalue weighted by Gasteiger charge is 2.10. The van der Waals surface area contributed by atoms with Crippen LogP contribution in [0.1, 0.15) is 153 Å². The van der Waals surface area contributed by atoms with Crippen LogP contribution in [-0.4, -0.2) is 12.5 Å². The first-order valence-electron chi connectivity index (χ1n) is 29.4. The number of aldehydes is 1. The molecule has 2 N–H and O–H groups in total. The van der Waals surface area contributed by atoms with Crippen molar-refractivity contribution in [3.05, 3.63) is 292 Å². The Kier molecular flexibility index (Phi) is 30.1. The summed E-state index contributed by atoms with van der Waals surface area (Å²) in [5.41, 5.74) is 20.4. The zero-order valence-electron chi connectivity index (χ0n) is 50.1. The number of nitrogens with zero attached hydrogens (tertiary/aromatic N) is 1. The van der Waals surface area contributed by atoms with Gasteiger partial charge in [0.05, 0.1) is 6.04 Å². The molecular formula is C79H94N2O. The van der Waals surface area contributed by atoms with Crippen LogP contribution in [0.2, 0.25) is 0 Å². The molecule has 0 radical (unpaired) electrons. The van der Waals surface area contributed by atoms with Crippen LogP contribution in [0.25, 0.3) is 38.4 Å². The fourth-order valence-electron chi connectivity index (χ4n) is 10.0. The molecule has 0 aliphatic heterocycles. The Labute approximate surface area is 495 Å². The van der Waals surface area contributed by atoms with Crippen LogP contribution < -0.4 is 5.73 Å². The molecule has 10 aromatic rings. The lowest BCUT2D eigenvalue weighted by molar-refractivity contribution is -0.107. The van der Waals surface area contributed by atoms with E-state index in [4.69, 9.17) is 10.7 Å². The highest BCUT2D eigenvalue weighted by Crippen LogP contribution is 2.30. The first-order chi connectivity index (χ1) is 39.4. The van der Waals surface area contributed by atoms with Crippen molar-refractivity contribution in [3.63, 3.8) is 0 Å². The molecular weight excluding hydrogens is 993 g/mol. The topological polar surface area (TPSA) is 55.4 Å². The SMILES string of the molecule is C.C=Cc1cccc(C)c1.CC.CC(N)c1cccc2ccccc12.Cc1cccc(CCC=NC(C)c2cccc3ccccc23)c1.Cc1cccc(CCC=O)c1.Cc1cccc(CCCCC(C)c2cccc3ccccc23)c1. The maximum Gasteiger partial charge on any atom is 0.120 e. The summed E-state index contributed by atoms with van der Waals surface area (Å²) in [4.78, 5) is 14.8. The number of unbranched alkanes of at least 4 members (excludes halogenated alkanes) is 1. The molecule has 10 aromatic carbocycles. The molecule has 0 heterocycles. The second-order valence-corrected chi connectivity index (χ2v) is 21.0. The van der Waals surface area contributed by atoms with Crippen molar-refractivity contribution in [3.8, 4) is 0 Å². The molecule has 0 saturated carbocycles. The summed E-state index contributed by atoms with van der Waals surface area (Å²) < 4.78 is 0. The molecule has 0 bridgehead atoms. The van der Waals surface area contributed by atoms with Gasteiger partial charge in [-0.1, -0.05) is 294 Å². The molecule has 426 valence electrons. The van der Waals surface area contributed by atoms with Gasteiger partial charge in [-0.3, -0.25) is 4.99 Å². The average Bonchev–Trinajstić information content (AvgIpc) is 3.64. The third-order valence-electron chi connectivity index (χ3n) is 14.3. The monoisotopic (exact) mass is 1090 g/mol. The Morgan fingerprint density at radius 1 is 0.451 bits per heavy atom. The maximum atomic E-state index is 10.1. The van der Waals surface area contributed by atoms with Gasteiger partial charge in [0, 0.05) is 12.5 Å². The van der Waals surface area contributed by atoms with Gasteiger partial charge >= 0.3 is 0 Å². The minimum absolute atomic E-state index is 0. The Morgan fingerprint density at radius 2 is 0.841 bits per heavy atom. The van der Waals surface area contributed by atoms with Gasteiger partial charge in [0.1, 0.15) is 6.29 Å². The van der Waals surface area contributed by atoms with Gasteiger partial charge in [0.15, 0.2) is 0 Å². The number of aliphatic imine (C=N–C) groups is 1. The quantitative estimate of drug-likeness (QED) is 0.0595. The zero-order valence-corrected chi connectivity index (χ0v) is 50.1. The average molecular weight is 1090 g/mol. The molecule has 0 amide bonds. The fraction of sp³-hybridized carbons (Fsp3) is 0.266. The number of hydrogen-bond donors (Lipinski definition) is 1. The Morgan fingerprint density at radius 3 is 1.29 bits per heavy atom. The molecule has 82 heavy (non-hydrogen) atoms. The van der Waals surface area contributed by atoms with E-state index < -0.39 is 0 Å². The van der Waals surface area contributed by atoms with Crippen LogP contribution >= 0.6 is 0 Å². The van der Waals surface area contributed by atoms with Crippen LogP contribution in [0.4, 0.5) is 0 Å². The van der Waals surface area contributed by atoms with Crippen molar-refractivity contribution in [1.29, 1.82) is 0 Å². The van der Waals surface area contributed by atoms with E-state index in [1.807, 2.05) is 57.2 Å². The third-order valence-corrected chi connectivity index (χ3v) is 14.3. The lowest BCUT2D eigenvalue weighted by Gasteiger charge is -2.14. The normalized spacial score (nSPS) is 11.5. The van der Waals surface area contributed by atoms with E-state index >= 15 is 0 Å². The van der Waals surface area contributed by atoms with E-state index in [1.54, 1.807) is 0 Å². The lowest BCUT2D eigenvalue weighted by atomic mass is 9.90. The number of rotatable bonds is 16. The van der Waals surface area contributed by atoms with E-state index in [1.165, 1.54) is 119 Å². The fourth-order valence-corrected chi connectivity index (χ4v) is 10.0. The van der Waals surface area contributed by atoms with E-state index in [0.717, 1.165) is 25.5 Å². The number of aryl methyl sites for hydroxylation is 7. The van der Waals surface area contributed by atoms with Crippen LogP contribution in [-0.2, 0) is 24.1 Å². The molecule has 3 nitrogen and oxygen atoms in total. The highest BCUT2D eigenvalue weighted by molar-refractivity contribution is 5.87. The summed E-state index contributed by atoms with van der Waals surface area (Å²) in [6.45, 7) is 22.7. The largest absolute Gasteiger partial charge is 0.324 e. The van der Waals surface area contributed by atoms with Gasteiger partial charge in [-0.15, -0.1) is 0 Å². The molecule has 0 spiro atoms. The number of hydrogen-bond acceptors (Lipinski definition) is 3. The number of fused-ring (bicyclic) bond motifs is 3. The Balaban J connectivity index is 0.000000228. The summed E-state index contributed by atoms with van der Waals surface area (Å²) in [5.74, 6) is 0.624. The van der Waals surface area contributed by atoms with Crippen molar-refractivity contribution in [2.75, 3.05) is 0 Å². The van der Waals surface area contributed by atoms with E-state index in [-0.39, 0.29) is 19.5 Å². The number of nitrogens with two attached hydrogens (primary N) is 1. The zero-order chi connectivity index (χ0) is 58.2. The Bertz CT molecular complexity index is 3460. The van der Waals surface area contributed by atoms with Gasteiger partial charge in [0.2, 0.25) is 0 Å². The minimum atomic E-state index is 0. The van der Waals surface area contributed by atoms with Crippen molar-refractivity contribution < 1.29 is 4.79 Å². The van der Waals surface area contributed by atoms with Crippen LogP contribution in [0.5, 0.6) is 0 Å². The second kappa shape index (κ2) is 37.1. The number of carbonyl (C=O) groups is 1. The lowest BCUT2D eigenvalue weighted by Crippen LogP contribution is -2.05. The van der Waals surface area contributed by atoms with Gasteiger partial charge in [-0.2, -0.15) is 0 Å². The predicted octanol–water partition coefficient (Wildman–Crippen LogP) is 21.9. The number of benzene rings is 10. The van der Waals surface area contributed by atoms with Crippen molar-refractivity contribution in [1.82, 2.24) is 0 Å². The summed E-state index contributed by atoms with van der Waals surface area (Å²) in [5, 5.41) is 7.89. The standard InChI is InChI=1S/C23H26.C22H23N.C12H13N.C10H12O.C9H10.C2H6.CH4/c1-18-9-7-12-20(17-18)11-4-3-10-19(2)22-16-8-14-21-13-5-6-15-23(21)22;1-17-8-5-9-19(16-17)10-7-15-23-18(2)21-14-6-12-20-11-3-4-13-22(20)21;1-9(13)11-8-4-6-10-5-2-3-7-12(10)11;1-9-4-2-5-10(8-9)6-3-7-11;1-3-9-6-4-5-8(2)7-9;1-2;/h5-9,12-17,19H,3-4,10-11H2,1-2H3;3-6,8-9,11-16,18H,7,10H2,1-2H3;2-9H,13H2,1H3;2,4-5,7-8H,3,6H2,1H3;3-7H,1H2,2H3;1-2H3;1H4. The third kappa shape index (κ3) is 22.5. The minimum Gasteiger partial charge on any atom is -0.324 e. The summed E-state index contributed by atoms with van der Waals surface area (Å²) >= 11 is 0. The van der Waals surface area contributed by atoms with Crippen molar-refractivity contribution in [2.45, 2.75) is 139 Å². The molecule has 0 saturated heterocycles. The van der Waals surface area contributed by atoms with E-state index in [0.29, 0.717) is 12.3 Å². The van der Waals surface area contributed by atoms with Crippen LogP contribution in [0, 0.1) is 27.7 Å². The molecule has 3 heteroatoms. The van der Waals surface area contributed by atoms with Gasteiger partial charge in [-0.25, -0.2) is 0 Å². The second-order valence-electron chi connectivity index (χ2n) is 21.0. The van der Waals surface area contributed by atoms with Crippen molar-refractivity contribution in [2.24, 2.45) is 10.7 Å². The molecule has 3 atom stereocenters. The first kappa shape index (κ1) is 66.5. The van der Waals surface area contributed by atoms with Gasteiger partial charge < -0.3 is 10.5 Å². The summed E-state index contributed by atoms with van der Waals surface area (Å²) in [7, 11) is 0. The van der Waals surface area contributed by atoms with E-state index in [9.17, 15) is 4.79 Å². The van der Waals surface area contributed by atoms with Crippen LogP contribution in [0.15, 0.2) is 236 Å². The summed E-state index contributed by atoms with van der Waals surface area (Å²) in [6.07, 6.45) is 13.4. The predicted molar refractivity (Wildman–Crippen MR) is 363 cm³/mol. The molecule has 0 aliphatic carbocycles. The van der Waals surface area contributed by atoms with Crippen molar-refractivity contribution >= 4 is 50.9 Å². The van der Waals surface area contributed by atoms with E-state index in [2.05, 4.69) is 248 Å². The highest BCUT2D eigenvalue weighted by atomic mass is 16.1.